The van der Waals surface area contributed by atoms with Gasteiger partial charge in [0, 0.05) is 19.2 Å². The normalized spacial score (nSPS) is 10.5. The minimum absolute atomic E-state index is 0.0108. The Morgan fingerprint density at radius 1 is 1.33 bits per heavy atom. The summed E-state index contributed by atoms with van der Waals surface area (Å²) in [5, 5.41) is 20.0. The van der Waals surface area contributed by atoms with E-state index in [1.54, 1.807) is 12.1 Å². The first kappa shape index (κ1) is 11.9. The molecule has 1 aromatic carbocycles. The number of non-ortho nitro benzene ring substituents is 1. The number of hydrogen-bond acceptors (Lipinski definition) is 4. The Labute approximate surface area is 102 Å². The molecule has 7 nitrogen and oxygen atoms in total. The van der Waals surface area contributed by atoms with Crippen molar-refractivity contribution in [2.24, 2.45) is 7.05 Å². The Kier molecular flexibility index (Phi) is 2.88. The lowest BCUT2D eigenvalue weighted by Crippen LogP contribution is -2.22. The average Bonchev–Trinajstić information content (AvgIpc) is 2.57. The molecule has 0 aliphatic rings. The van der Waals surface area contributed by atoms with Gasteiger partial charge < -0.3 is 5.11 Å². The molecular weight excluding hydrogens is 238 g/mol. The van der Waals surface area contributed by atoms with Gasteiger partial charge in [-0.15, -0.1) is 0 Å². The average molecular weight is 249 g/mol. The van der Waals surface area contributed by atoms with Crippen LogP contribution < -0.4 is 5.69 Å². The molecule has 0 amide bonds. The molecular formula is C11H11N3O4. The first-order valence-electron chi connectivity index (χ1n) is 5.17. The van der Waals surface area contributed by atoms with Crippen LogP contribution in [-0.2, 0) is 13.6 Å². The fraction of sp³-hybridized carbons (Fsp3) is 0.182. The Morgan fingerprint density at radius 3 is 2.39 bits per heavy atom. The number of aryl methyl sites for hydroxylation is 1. The van der Waals surface area contributed by atoms with Crippen molar-refractivity contribution in [1.29, 1.82) is 0 Å². The van der Waals surface area contributed by atoms with Crippen molar-refractivity contribution in [1.82, 2.24) is 9.13 Å². The van der Waals surface area contributed by atoms with E-state index in [0.29, 0.717) is 5.56 Å². The Morgan fingerprint density at radius 2 is 1.94 bits per heavy atom. The van der Waals surface area contributed by atoms with E-state index in [1.807, 2.05) is 0 Å². The molecule has 1 aromatic heterocycles. The van der Waals surface area contributed by atoms with Gasteiger partial charge in [0.2, 0.25) is 5.88 Å². The molecule has 1 heterocycles. The van der Waals surface area contributed by atoms with E-state index >= 15 is 0 Å². The van der Waals surface area contributed by atoms with Crippen molar-refractivity contribution < 1.29 is 10.0 Å². The van der Waals surface area contributed by atoms with Crippen LogP contribution >= 0.6 is 0 Å². The standard InChI is InChI=1S/C11H11N3O4/c1-12-7-10(15)13(11(12)16)6-8-2-4-9(5-3-8)14(17)18/h2-5,7,15H,6H2,1H3. The van der Waals surface area contributed by atoms with Crippen molar-refractivity contribution in [3.05, 3.63) is 56.6 Å². The van der Waals surface area contributed by atoms with E-state index < -0.39 is 4.92 Å². The van der Waals surface area contributed by atoms with Crippen molar-refractivity contribution in [2.75, 3.05) is 0 Å². The second-order valence-corrected chi connectivity index (χ2v) is 3.89. The third-order valence-corrected chi connectivity index (χ3v) is 2.61. The summed E-state index contributed by atoms with van der Waals surface area (Å²) in [6.07, 6.45) is 1.31. The van der Waals surface area contributed by atoms with Gasteiger partial charge in [0.15, 0.2) is 0 Å². The van der Waals surface area contributed by atoms with Crippen LogP contribution in [0, 0.1) is 10.1 Å². The Bertz CT molecular complexity index is 639. The second-order valence-electron chi connectivity index (χ2n) is 3.89. The van der Waals surface area contributed by atoms with Crippen LogP contribution in [0.1, 0.15) is 5.56 Å². The molecule has 0 radical (unpaired) electrons. The molecule has 2 aromatic rings. The van der Waals surface area contributed by atoms with E-state index in [4.69, 9.17) is 0 Å². The first-order chi connectivity index (χ1) is 8.49. The smallest absolute Gasteiger partial charge is 0.331 e. The summed E-state index contributed by atoms with van der Waals surface area (Å²) in [7, 11) is 1.54. The van der Waals surface area contributed by atoms with Gasteiger partial charge >= 0.3 is 5.69 Å². The number of hydrogen-bond donors (Lipinski definition) is 1. The summed E-state index contributed by atoms with van der Waals surface area (Å²) in [5.74, 6) is -0.138. The van der Waals surface area contributed by atoms with Crippen LogP contribution in [0.5, 0.6) is 5.88 Å². The monoisotopic (exact) mass is 249 g/mol. The maximum atomic E-state index is 11.6. The van der Waals surface area contributed by atoms with Crippen LogP contribution in [0.15, 0.2) is 35.3 Å². The summed E-state index contributed by atoms with van der Waals surface area (Å²) in [4.78, 5) is 21.6. The topological polar surface area (TPSA) is 90.3 Å². The van der Waals surface area contributed by atoms with Gasteiger partial charge in [0.05, 0.1) is 17.7 Å². The molecule has 0 aliphatic carbocycles. The van der Waals surface area contributed by atoms with Crippen LogP contribution in [0.3, 0.4) is 0 Å². The van der Waals surface area contributed by atoms with E-state index in [0.717, 1.165) is 0 Å². The Hall–Kier alpha value is -2.57. The van der Waals surface area contributed by atoms with Gasteiger partial charge in [-0.2, -0.15) is 0 Å². The zero-order valence-corrected chi connectivity index (χ0v) is 9.61. The number of imidazole rings is 1. The van der Waals surface area contributed by atoms with Crippen molar-refractivity contribution in [3.63, 3.8) is 0 Å². The van der Waals surface area contributed by atoms with Crippen molar-refractivity contribution in [3.8, 4) is 5.88 Å². The Balaban J connectivity index is 2.29. The number of aromatic hydroxyl groups is 1. The highest BCUT2D eigenvalue weighted by Gasteiger charge is 2.09. The highest BCUT2D eigenvalue weighted by Crippen LogP contribution is 2.14. The summed E-state index contributed by atoms with van der Waals surface area (Å²) in [5.41, 5.74) is 0.346. The number of nitro benzene ring substituents is 1. The lowest BCUT2D eigenvalue weighted by Gasteiger charge is -2.02. The zero-order valence-electron chi connectivity index (χ0n) is 9.61. The summed E-state index contributed by atoms with van der Waals surface area (Å²) in [6.45, 7) is 0.170. The largest absolute Gasteiger partial charge is 0.493 e. The minimum atomic E-state index is -0.490. The highest BCUT2D eigenvalue weighted by atomic mass is 16.6. The molecule has 0 fully saturated rings. The molecule has 0 saturated heterocycles. The number of rotatable bonds is 3. The van der Waals surface area contributed by atoms with Gasteiger partial charge in [-0.3, -0.25) is 19.2 Å². The van der Waals surface area contributed by atoms with E-state index in [9.17, 15) is 20.0 Å². The highest BCUT2D eigenvalue weighted by molar-refractivity contribution is 5.33. The zero-order chi connectivity index (χ0) is 13.3. The molecule has 18 heavy (non-hydrogen) atoms. The van der Waals surface area contributed by atoms with Crippen molar-refractivity contribution >= 4 is 5.69 Å². The number of aromatic nitrogens is 2. The molecule has 0 aliphatic heterocycles. The molecule has 0 bridgehead atoms. The predicted octanol–water partition coefficient (Wildman–Crippen LogP) is 0.849. The van der Waals surface area contributed by atoms with Crippen LogP contribution in [0.2, 0.25) is 0 Å². The quantitative estimate of drug-likeness (QED) is 0.644. The fourth-order valence-electron chi connectivity index (χ4n) is 1.64. The first-order valence-corrected chi connectivity index (χ1v) is 5.17. The molecule has 0 atom stereocenters. The number of nitro groups is 1. The lowest BCUT2D eigenvalue weighted by molar-refractivity contribution is -0.384. The molecule has 0 unspecified atom stereocenters. The molecule has 0 spiro atoms. The predicted molar refractivity (Wildman–Crippen MR) is 63.5 cm³/mol. The summed E-state index contributed by atoms with van der Waals surface area (Å²) in [6, 6.07) is 5.83. The van der Waals surface area contributed by atoms with Gasteiger partial charge in [-0.25, -0.2) is 4.79 Å². The third-order valence-electron chi connectivity index (χ3n) is 2.61. The molecule has 0 saturated carbocycles. The van der Waals surface area contributed by atoms with Crippen LogP contribution in [-0.4, -0.2) is 19.2 Å². The van der Waals surface area contributed by atoms with E-state index in [2.05, 4.69) is 0 Å². The lowest BCUT2D eigenvalue weighted by atomic mass is 10.2. The van der Waals surface area contributed by atoms with E-state index in [1.165, 1.54) is 34.5 Å². The van der Waals surface area contributed by atoms with Crippen LogP contribution in [0.25, 0.3) is 0 Å². The van der Waals surface area contributed by atoms with Gasteiger partial charge in [-0.05, 0) is 5.56 Å². The van der Waals surface area contributed by atoms with E-state index in [-0.39, 0.29) is 23.8 Å². The summed E-state index contributed by atoms with van der Waals surface area (Å²) >= 11 is 0. The van der Waals surface area contributed by atoms with Crippen LogP contribution in [0.4, 0.5) is 5.69 Å². The molecule has 1 N–H and O–H groups in total. The second kappa shape index (κ2) is 4.36. The number of benzene rings is 1. The van der Waals surface area contributed by atoms with Gasteiger partial charge in [-0.1, -0.05) is 12.1 Å². The van der Waals surface area contributed by atoms with Crippen molar-refractivity contribution in [2.45, 2.75) is 6.54 Å². The minimum Gasteiger partial charge on any atom is -0.493 e. The molecule has 94 valence electrons. The van der Waals surface area contributed by atoms with Gasteiger partial charge in [0.25, 0.3) is 5.69 Å². The van der Waals surface area contributed by atoms with Gasteiger partial charge in [0.1, 0.15) is 0 Å². The molecule has 7 heteroatoms. The SMILES string of the molecule is Cn1cc(O)n(Cc2ccc([N+](=O)[O-])cc2)c1=O. The molecule has 2 rings (SSSR count). The third kappa shape index (κ3) is 2.10. The maximum Gasteiger partial charge on any atom is 0.331 e. The number of nitrogens with zero attached hydrogens (tertiary/aromatic N) is 3. The summed E-state index contributed by atoms with van der Waals surface area (Å²) < 4.78 is 2.45. The maximum absolute atomic E-state index is 11.6. The fourth-order valence-corrected chi connectivity index (χ4v) is 1.64.